The van der Waals surface area contributed by atoms with E-state index in [1.54, 1.807) is 0 Å². The van der Waals surface area contributed by atoms with Gasteiger partial charge in [-0.15, -0.1) is 0 Å². The molecule has 0 bridgehead atoms. The number of aromatic nitrogens is 1. The van der Waals surface area contributed by atoms with Crippen molar-refractivity contribution in [1.29, 1.82) is 0 Å². The summed E-state index contributed by atoms with van der Waals surface area (Å²) in [4.78, 5) is 4.06. The quantitative estimate of drug-likeness (QED) is 0.818. The molecule has 2 rings (SSSR count). The Balaban J connectivity index is 1.90. The maximum atomic E-state index is 6.08. The highest BCUT2D eigenvalue weighted by Gasteiger charge is 2.09. The van der Waals surface area contributed by atoms with E-state index in [2.05, 4.69) is 55.3 Å². The summed E-state index contributed by atoms with van der Waals surface area (Å²) in [5.74, 6) is 0.539. The van der Waals surface area contributed by atoms with Gasteiger partial charge in [0.1, 0.15) is 0 Å². The fourth-order valence-corrected chi connectivity index (χ4v) is 2.43. The van der Waals surface area contributed by atoms with Crippen molar-refractivity contribution in [3.05, 3.63) is 54.4 Å². The SMILES string of the molecule is CC(NCC[C@@H](N)C(C)C)c1ccc(-c2ccncc2)cc1. The van der Waals surface area contributed by atoms with Crippen LogP contribution in [0.25, 0.3) is 11.1 Å². The molecule has 0 radical (unpaired) electrons. The highest BCUT2D eigenvalue weighted by molar-refractivity contribution is 5.62. The number of nitrogens with two attached hydrogens (primary N) is 1. The molecule has 0 aliphatic rings. The van der Waals surface area contributed by atoms with Crippen LogP contribution >= 0.6 is 0 Å². The zero-order chi connectivity index (χ0) is 15.9. The van der Waals surface area contributed by atoms with Gasteiger partial charge in [-0.2, -0.15) is 0 Å². The minimum absolute atomic E-state index is 0.272. The number of hydrogen-bond donors (Lipinski definition) is 2. The molecule has 1 aromatic heterocycles. The van der Waals surface area contributed by atoms with Crippen LogP contribution in [0.3, 0.4) is 0 Å². The maximum Gasteiger partial charge on any atom is 0.0291 e. The maximum absolute atomic E-state index is 6.08. The molecule has 3 nitrogen and oxygen atoms in total. The van der Waals surface area contributed by atoms with Crippen molar-refractivity contribution in [2.75, 3.05) is 6.54 Å². The Hall–Kier alpha value is -1.71. The van der Waals surface area contributed by atoms with Crippen molar-refractivity contribution in [3.63, 3.8) is 0 Å². The summed E-state index contributed by atoms with van der Waals surface area (Å²) in [7, 11) is 0. The van der Waals surface area contributed by atoms with E-state index in [0.717, 1.165) is 13.0 Å². The first-order valence-electron chi connectivity index (χ1n) is 8.07. The number of pyridine rings is 1. The summed E-state index contributed by atoms with van der Waals surface area (Å²) < 4.78 is 0. The number of nitrogens with zero attached hydrogens (tertiary/aromatic N) is 1. The zero-order valence-corrected chi connectivity index (χ0v) is 13.8. The van der Waals surface area contributed by atoms with Gasteiger partial charge in [0.15, 0.2) is 0 Å². The Kier molecular flexibility index (Phi) is 6.10. The second-order valence-corrected chi connectivity index (χ2v) is 6.23. The van der Waals surface area contributed by atoms with Gasteiger partial charge < -0.3 is 11.1 Å². The average molecular weight is 297 g/mol. The van der Waals surface area contributed by atoms with Crippen LogP contribution in [-0.2, 0) is 0 Å². The topological polar surface area (TPSA) is 50.9 Å². The largest absolute Gasteiger partial charge is 0.327 e. The monoisotopic (exact) mass is 297 g/mol. The van der Waals surface area contributed by atoms with Crippen molar-refractivity contribution in [2.45, 2.75) is 39.3 Å². The fraction of sp³-hybridized carbons (Fsp3) is 0.421. The Bertz CT molecular complexity index is 549. The summed E-state index contributed by atoms with van der Waals surface area (Å²) in [5.41, 5.74) is 9.80. The molecular formula is C19H27N3. The highest BCUT2D eigenvalue weighted by atomic mass is 14.9. The van der Waals surface area contributed by atoms with Crippen LogP contribution in [0.2, 0.25) is 0 Å². The van der Waals surface area contributed by atoms with Crippen LogP contribution in [0.15, 0.2) is 48.8 Å². The molecular weight excluding hydrogens is 270 g/mol. The van der Waals surface area contributed by atoms with E-state index in [1.807, 2.05) is 24.5 Å². The van der Waals surface area contributed by atoms with Gasteiger partial charge in [0.05, 0.1) is 0 Å². The van der Waals surface area contributed by atoms with Crippen molar-refractivity contribution >= 4 is 0 Å². The lowest BCUT2D eigenvalue weighted by atomic mass is 10.0. The molecule has 0 amide bonds. The molecule has 3 heteroatoms. The number of rotatable bonds is 7. The van der Waals surface area contributed by atoms with E-state index in [0.29, 0.717) is 12.0 Å². The third-order valence-corrected chi connectivity index (χ3v) is 4.21. The Morgan fingerprint density at radius 2 is 1.55 bits per heavy atom. The third-order valence-electron chi connectivity index (χ3n) is 4.21. The fourth-order valence-electron chi connectivity index (χ4n) is 2.43. The highest BCUT2D eigenvalue weighted by Crippen LogP contribution is 2.21. The molecule has 0 saturated carbocycles. The molecule has 3 N–H and O–H groups in total. The first-order valence-corrected chi connectivity index (χ1v) is 8.07. The van der Waals surface area contributed by atoms with Gasteiger partial charge in [-0.1, -0.05) is 38.1 Å². The molecule has 1 heterocycles. The van der Waals surface area contributed by atoms with E-state index in [1.165, 1.54) is 16.7 Å². The second-order valence-electron chi connectivity index (χ2n) is 6.23. The second kappa shape index (κ2) is 8.06. The normalized spacial score (nSPS) is 14.0. The molecule has 0 saturated heterocycles. The molecule has 22 heavy (non-hydrogen) atoms. The summed E-state index contributed by atoms with van der Waals surface area (Å²) in [6, 6.07) is 13.4. The van der Waals surface area contributed by atoms with Crippen LogP contribution < -0.4 is 11.1 Å². The van der Waals surface area contributed by atoms with Crippen molar-refractivity contribution in [2.24, 2.45) is 11.7 Å². The van der Waals surface area contributed by atoms with Crippen LogP contribution in [0, 0.1) is 5.92 Å². The van der Waals surface area contributed by atoms with Gasteiger partial charge in [0.25, 0.3) is 0 Å². The van der Waals surface area contributed by atoms with Crippen molar-refractivity contribution < 1.29 is 0 Å². The predicted octanol–water partition coefficient (Wildman–Crippen LogP) is 3.77. The lowest BCUT2D eigenvalue weighted by Crippen LogP contribution is -2.31. The first kappa shape index (κ1) is 16.7. The van der Waals surface area contributed by atoms with E-state index >= 15 is 0 Å². The Morgan fingerprint density at radius 3 is 2.14 bits per heavy atom. The van der Waals surface area contributed by atoms with Crippen molar-refractivity contribution in [1.82, 2.24) is 10.3 Å². The van der Waals surface area contributed by atoms with Gasteiger partial charge in [-0.05, 0) is 54.6 Å². The summed E-state index contributed by atoms with van der Waals surface area (Å²) in [6.07, 6.45) is 4.66. The van der Waals surface area contributed by atoms with Crippen LogP contribution in [-0.4, -0.2) is 17.6 Å². The summed E-state index contributed by atoms with van der Waals surface area (Å²) >= 11 is 0. The smallest absolute Gasteiger partial charge is 0.0291 e. The lowest BCUT2D eigenvalue weighted by Gasteiger charge is -2.19. The molecule has 0 spiro atoms. The zero-order valence-electron chi connectivity index (χ0n) is 13.8. The minimum atomic E-state index is 0.272. The molecule has 2 atom stereocenters. The minimum Gasteiger partial charge on any atom is -0.327 e. The number of hydrogen-bond acceptors (Lipinski definition) is 3. The van der Waals surface area contributed by atoms with Crippen LogP contribution in [0.1, 0.15) is 38.8 Å². The van der Waals surface area contributed by atoms with E-state index < -0.39 is 0 Å². The average Bonchev–Trinajstić information content (AvgIpc) is 2.55. The van der Waals surface area contributed by atoms with Gasteiger partial charge in [-0.3, -0.25) is 4.98 Å². The van der Waals surface area contributed by atoms with Gasteiger partial charge in [0.2, 0.25) is 0 Å². The van der Waals surface area contributed by atoms with E-state index in [-0.39, 0.29) is 6.04 Å². The van der Waals surface area contributed by atoms with Gasteiger partial charge >= 0.3 is 0 Å². The molecule has 1 aromatic carbocycles. The number of nitrogens with one attached hydrogen (secondary N) is 1. The molecule has 1 unspecified atom stereocenters. The van der Waals surface area contributed by atoms with E-state index in [9.17, 15) is 0 Å². The Labute approximate surface area is 134 Å². The van der Waals surface area contributed by atoms with Crippen LogP contribution in [0.5, 0.6) is 0 Å². The molecule has 2 aromatic rings. The van der Waals surface area contributed by atoms with E-state index in [4.69, 9.17) is 5.73 Å². The first-order chi connectivity index (χ1) is 10.6. The molecule has 0 aliphatic heterocycles. The molecule has 0 fully saturated rings. The third kappa shape index (κ3) is 4.65. The van der Waals surface area contributed by atoms with Gasteiger partial charge in [0, 0.05) is 24.5 Å². The summed E-state index contributed by atoms with van der Waals surface area (Å²) in [6.45, 7) is 7.49. The molecule has 0 aliphatic carbocycles. The van der Waals surface area contributed by atoms with Gasteiger partial charge in [-0.25, -0.2) is 0 Å². The lowest BCUT2D eigenvalue weighted by molar-refractivity contribution is 0.436. The Morgan fingerprint density at radius 1 is 0.955 bits per heavy atom. The summed E-state index contributed by atoms with van der Waals surface area (Å²) in [5, 5.41) is 3.55. The van der Waals surface area contributed by atoms with Crippen LogP contribution in [0.4, 0.5) is 0 Å². The molecule has 118 valence electrons. The number of benzene rings is 1. The van der Waals surface area contributed by atoms with Crippen molar-refractivity contribution in [3.8, 4) is 11.1 Å². The predicted molar refractivity (Wildman–Crippen MR) is 93.5 cm³/mol. The standard InChI is InChI=1S/C19H27N3/c1-14(2)19(20)10-13-22-15(3)16-4-6-17(7-5-16)18-8-11-21-12-9-18/h4-9,11-12,14-15,19,22H,10,13,20H2,1-3H3/t15?,19-/m1/s1.